The van der Waals surface area contributed by atoms with Gasteiger partial charge in [0.15, 0.2) is 16.9 Å². The van der Waals surface area contributed by atoms with Crippen molar-refractivity contribution in [2.45, 2.75) is 20.8 Å². The van der Waals surface area contributed by atoms with E-state index in [1.807, 2.05) is 30.3 Å². The van der Waals surface area contributed by atoms with E-state index in [1.54, 1.807) is 19.1 Å². The predicted octanol–water partition coefficient (Wildman–Crippen LogP) is 4.47. The number of nitrogens with zero attached hydrogens (tertiary/aromatic N) is 2. The van der Waals surface area contributed by atoms with Crippen LogP contribution in [0, 0.1) is 0 Å². The molecule has 0 aromatic heterocycles. The summed E-state index contributed by atoms with van der Waals surface area (Å²) in [5.41, 5.74) is 2.13. The summed E-state index contributed by atoms with van der Waals surface area (Å²) in [5, 5.41) is 1.07. The van der Waals surface area contributed by atoms with E-state index in [4.69, 9.17) is 14.1 Å². The van der Waals surface area contributed by atoms with E-state index in [9.17, 15) is 9.59 Å². The number of hydrogen-bond donors (Lipinski definition) is 0. The summed E-state index contributed by atoms with van der Waals surface area (Å²) in [7, 11) is 0. The van der Waals surface area contributed by atoms with Gasteiger partial charge >= 0.3 is 5.97 Å². The van der Waals surface area contributed by atoms with Crippen LogP contribution >= 0.6 is 0 Å². The number of rotatable bonds is 5. The van der Waals surface area contributed by atoms with Gasteiger partial charge in [-0.15, -0.1) is 0 Å². The number of fused-ring (bicyclic) bond motifs is 4. The van der Waals surface area contributed by atoms with Gasteiger partial charge in [-0.2, -0.15) is 0 Å². The Labute approximate surface area is 168 Å². The first-order valence-corrected chi connectivity index (χ1v) is 9.80. The van der Waals surface area contributed by atoms with Crippen LogP contribution in [0.5, 0.6) is 0 Å². The van der Waals surface area contributed by atoms with Gasteiger partial charge in [0.25, 0.3) is 0 Å². The number of aromatic nitrogens is 1. The van der Waals surface area contributed by atoms with Crippen LogP contribution in [0.4, 0.5) is 5.69 Å². The van der Waals surface area contributed by atoms with Crippen LogP contribution in [0.2, 0.25) is 0 Å². The third-order valence-corrected chi connectivity index (χ3v) is 5.09. The number of benzene rings is 3. The summed E-state index contributed by atoms with van der Waals surface area (Å²) in [6.45, 7) is 7.74. The Morgan fingerprint density at radius 3 is 2.48 bits per heavy atom. The molecule has 29 heavy (non-hydrogen) atoms. The Bertz CT molecular complexity index is 1240. The summed E-state index contributed by atoms with van der Waals surface area (Å²) >= 11 is 0. The van der Waals surface area contributed by atoms with Crippen molar-refractivity contribution in [3.63, 3.8) is 0 Å². The van der Waals surface area contributed by atoms with Crippen molar-refractivity contribution in [3.05, 3.63) is 58.3 Å². The first-order valence-electron chi connectivity index (χ1n) is 9.80. The van der Waals surface area contributed by atoms with E-state index < -0.39 is 11.4 Å². The fourth-order valence-corrected chi connectivity index (χ4v) is 3.66. The molecule has 6 nitrogen and oxygen atoms in total. The molecule has 0 bridgehead atoms. The molecule has 2 aromatic rings. The van der Waals surface area contributed by atoms with Crippen molar-refractivity contribution in [2.24, 2.45) is 0 Å². The third kappa shape index (κ3) is 3.10. The maximum atomic E-state index is 13.1. The molecule has 0 radical (unpaired) electrons. The van der Waals surface area contributed by atoms with E-state index in [2.05, 4.69) is 18.7 Å². The molecule has 148 valence electrons. The van der Waals surface area contributed by atoms with Crippen LogP contribution in [0.15, 0.2) is 51.7 Å². The van der Waals surface area contributed by atoms with Crippen molar-refractivity contribution in [1.82, 2.24) is 4.98 Å². The average molecular weight is 390 g/mol. The molecular weight excluding hydrogens is 368 g/mol. The number of anilines is 1. The average Bonchev–Trinajstić information content (AvgIpc) is 2.74. The zero-order chi connectivity index (χ0) is 20.5. The molecular formula is C23H22N2O4. The van der Waals surface area contributed by atoms with E-state index in [1.165, 1.54) is 0 Å². The maximum absolute atomic E-state index is 13.1. The first kappa shape index (κ1) is 18.9. The highest BCUT2D eigenvalue weighted by Gasteiger charge is 2.27. The van der Waals surface area contributed by atoms with Gasteiger partial charge in [0.2, 0.25) is 5.43 Å². The molecule has 0 fully saturated rings. The second-order valence-electron chi connectivity index (χ2n) is 6.69. The van der Waals surface area contributed by atoms with E-state index in [0.717, 1.165) is 18.8 Å². The minimum Gasteiger partial charge on any atom is -0.462 e. The molecule has 0 saturated heterocycles. The second-order valence-corrected chi connectivity index (χ2v) is 6.69. The Balaban J connectivity index is 2.09. The van der Waals surface area contributed by atoms with Gasteiger partial charge in [-0.05, 0) is 32.9 Å². The first-order chi connectivity index (χ1) is 14.1. The lowest BCUT2D eigenvalue weighted by Crippen LogP contribution is -2.22. The molecule has 1 aliphatic carbocycles. The predicted molar refractivity (Wildman–Crippen MR) is 114 cm³/mol. The summed E-state index contributed by atoms with van der Waals surface area (Å²) in [6.07, 6.45) is 0. The summed E-state index contributed by atoms with van der Waals surface area (Å²) in [5.74, 6) is -0.533. The SMILES string of the molecule is CCOC(=O)c1c2oc3cc(N(CC)CC)ccc3nc-2c2ccccc2c1=O. The van der Waals surface area contributed by atoms with Gasteiger partial charge in [-0.1, -0.05) is 24.3 Å². The fourth-order valence-electron chi connectivity index (χ4n) is 3.66. The Morgan fingerprint density at radius 1 is 1.07 bits per heavy atom. The lowest BCUT2D eigenvalue weighted by Gasteiger charge is -2.21. The minimum atomic E-state index is -0.696. The largest absolute Gasteiger partial charge is 0.462 e. The zero-order valence-corrected chi connectivity index (χ0v) is 16.7. The van der Waals surface area contributed by atoms with Crippen LogP contribution in [-0.2, 0) is 4.74 Å². The van der Waals surface area contributed by atoms with Crippen LogP contribution in [0.3, 0.4) is 0 Å². The molecule has 0 amide bonds. The molecule has 2 aliphatic rings. The quantitative estimate of drug-likeness (QED) is 0.284. The fraction of sp³-hybridized carbons (Fsp3) is 0.261. The van der Waals surface area contributed by atoms with E-state index in [0.29, 0.717) is 27.6 Å². The molecule has 0 atom stereocenters. The van der Waals surface area contributed by atoms with E-state index >= 15 is 0 Å². The van der Waals surface area contributed by atoms with Crippen LogP contribution in [0.25, 0.3) is 33.3 Å². The molecule has 0 spiro atoms. The highest BCUT2D eigenvalue weighted by atomic mass is 16.5. The smallest absolute Gasteiger partial charge is 0.346 e. The number of carbonyl (C=O) groups excluding carboxylic acids is 1. The highest BCUT2D eigenvalue weighted by molar-refractivity contribution is 6.06. The molecule has 2 aromatic carbocycles. The lowest BCUT2D eigenvalue weighted by molar-refractivity contribution is 0.0524. The molecule has 4 rings (SSSR count). The monoisotopic (exact) mass is 390 g/mol. The van der Waals surface area contributed by atoms with Crippen molar-refractivity contribution in [3.8, 4) is 11.5 Å². The van der Waals surface area contributed by atoms with Gasteiger partial charge in [0.1, 0.15) is 11.2 Å². The van der Waals surface area contributed by atoms with Gasteiger partial charge in [0, 0.05) is 35.6 Å². The Morgan fingerprint density at radius 2 is 1.79 bits per heavy atom. The van der Waals surface area contributed by atoms with Gasteiger partial charge in [-0.25, -0.2) is 9.78 Å². The third-order valence-electron chi connectivity index (χ3n) is 5.09. The molecule has 0 saturated carbocycles. The molecule has 1 heterocycles. The molecule has 0 N–H and O–H groups in total. The summed E-state index contributed by atoms with van der Waals surface area (Å²) in [6, 6.07) is 12.9. The number of ether oxygens (including phenoxy) is 1. The van der Waals surface area contributed by atoms with Gasteiger partial charge in [-0.3, -0.25) is 4.79 Å². The lowest BCUT2D eigenvalue weighted by atomic mass is 9.99. The van der Waals surface area contributed by atoms with Crippen LogP contribution < -0.4 is 10.3 Å². The van der Waals surface area contributed by atoms with Crippen LogP contribution in [0.1, 0.15) is 31.1 Å². The number of hydrogen-bond acceptors (Lipinski definition) is 6. The topological polar surface area (TPSA) is 72.6 Å². The van der Waals surface area contributed by atoms with Crippen molar-refractivity contribution >= 4 is 33.5 Å². The standard InChI is InChI=1S/C23H22N2O4/c1-4-25(5-2)14-11-12-17-18(13-14)29-22-19(23(27)28-6-3)21(26)16-10-8-7-9-15(16)20(22)24-17/h7-13H,4-6H2,1-3H3. The van der Waals surface area contributed by atoms with Crippen molar-refractivity contribution in [2.75, 3.05) is 24.6 Å². The summed E-state index contributed by atoms with van der Waals surface area (Å²) in [4.78, 5) is 32.6. The van der Waals surface area contributed by atoms with Crippen molar-refractivity contribution in [1.29, 1.82) is 0 Å². The zero-order valence-electron chi connectivity index (χ0n) is 16.7. The number of esters is 1. The Hall–Kier alpha value is -3.41. The maximum Gasteiger partial charge on any atom is 0.346 e. The van der Waals surface area contributed by atoms with Gasteiger partial charge < -0.3 is 14.1 Å². The minimum absolute atomic E-state index is 0.108. The normalized spacial score (nSPS) is 11.3. The van der Waals surface area contributed by atoms with E-state index in [-0.39, 0.29) is 17.9 Å². The highest BCUT2D eigenvalue weighted by Crippen LogP contribution is 2.34. The summed E-state index contributed by atoms with van der Waals surface area (Å²) < 4.78 is 11.3. The van der Waals surface area contributed by atoms with Crippen molar-refractivity contribution < 1.29 is 13.9 Å². The number of carbonyl (C=O) groups is 1. The second kappa shape index (κ2) is 7.54. The molecule has 6 heteroatoms. The molecule has 1 aliphatic heterocycles. The Kier molecular flexibility index (Phi) is 4.92. The van der Waals surface area contributed by atoms with Gasteiger partial charge in [0.05, 0.1) is 6.61 Å². The van der Waals surface area contributed by atoms with Crippen LogP contribution in [-0.4, -0.2) is 30.6 Å². The molecule has 0 unspecified atom stereocenters.